The highest BCUT2D eigenvalue weighted by Crippen LogP contribution is 2.15. The Balaban J connectivity index is 1.98. The van der Waals surface area contributed by atoms with Crippen LogP contribution in [0.3, 0.4) is 0 Å². The normalized spacial score (nSPS) is 10.2. The number of anilines is 1. The highest BCUT2D eigenvalue weighted by molar-refractivity contribution is 7.10. The van der Waals surface area contributed by atoms with Gasteiger partial charge in [0.1, 0.15) is 10.8 Å². The maximum Gasteiger partial charge on any atom is 0.229 e. The number of hydrogen-bond acceptors (Lipinski definition) is 3. The predicted molar refractivity (Wildman–Crippen MR) is 65.6 cm³/mol. The lowest BCUT2D eigenvalue weighted by atomic mass is 10.1. The first-order valence-corrected chi connectivity index (χ1v) is 5.88. The molecule has 1 aromatic carbocycles. The molecule has 0 saturated carbocycles. The van der Waals surface area contributed by atoms with Crippen LogP contribution in [0.25, 0.3) is 0 Å². The number of carbonyl (C=O) groups is 1. The number of hydrogen-bond donors (Lipinski definition) is 1. The van der Waals surface area contributed by atoms with E-state index in [-0.39, 0.29) is 18.1 Å². The fourth-order valence-electron chi connectivity index (χ4n) is 1.44. The summed E-state index contributed by atoms with van der Waals surface area (Å²) in [5.41, 5.74) is 1.53. The SMILES string of the molecule is Cc1cc(NC(=O)Cc2cccc(F)c2)sn1. The molecule has 0 aliphatic rings. The van der Waals surface area contributed by atoms with Gasteiger partial charge in [0, 0.05) is 0 Å². The largest absolute Gasteiger partial charge is 0.316 e. The van der Waals surface area contributed by atoms with Crippen LogP contribution in [0.1, 0.15) is 11.3 Å². The third kappa shape index (κ3) is 3.35. The molecule has 1 amide bonds. The Morgan fingerprint density at radius 2 is 2.29 bits per heavy atom. The van der Waals surface area contributed by atoms with Crippen molar-refractivity contribution in [2.45, 2.75) is 13.3 Å². The van der Waals surface area contributed by atoms with Crippen LogP contribution >= 0.6 is 11.5 Å². The molecule has 0 aliphatic heterocycles. The van der Waals surface area contributed by atoms with Gasteiger partial charge in [-0.15, -0.1) is 0 Å². The minimum absolute atomic E-state index is 0.161. The van der Waals surface area contributed by atoms with Crippen LogP contribution in [0.4, 0.5) is 9.39 Å². The van der Waals surface area contributed by atoms with Gasteiger partial charge >= 0.3 is 0 Å². The molecule has 17 heavy (non-hydrogen) atoms. The van der Waals surface area contributed by atoms with Crippen molar-refractivity contribution < 1.29 is 9.18 Å². The fourth-order valence-corrected chi connectivity index (χ4v) is 2.11. The van der Waals surface area contributed by atoms with Crippen LogP contribution in [-0.4, -0.2) is 10.3 Å². The zero-order valence-electron chi connectivity index (χ0n) is 9.24. The van der Waals surface area contributed by atoms with E-state index in [1.807, 2.05) is 6.92 Å². The first-order chi connectivity index (χ1) is 8.13. The molecule has 3 nitrogen and oxygen atoms in total. The van der Waals surface area contributed by atoms with Crippen molar-refractivity contribution in [2.75, 3.05) is 5.32 Å². The van der Waals surface area contributed by atoms with Gasteiger partial charge in [-0.1, -0.05) is 12.1 Å². The van der Waals surface area contributed by atoms with Gasteiger partial charge in [-0.2, -0.15) is 4.37 Å². The summed E-state index contributed by atoms with van der Waals surface area (Å²) in [6, 6.07) is 7.83. The van der Waals surface area contributed by atoms with Gasteiger partial charge in [-0.05, 0) is 42.2 Å². The Hall–Kier alpha value is -1.75. The number of nitrogens with one attached hydrogen (secondary N) is 1. The second-order valence-electron chi connectivity index (χ2n) is 3.69. The van der Waals surface area contributed by atoms with Crippen LogP contribution < -0.4 is 5.32 Å². The molecule has 0 spiro atoms. The summed E-state index contributed by atoms with van der Waals surface area (Å²) in [5.74, 6) is -0.497. The average Bonchev–Trinajstić information content (AvgIpc) is 2.63. The molecule has 1 aromatic heterocycles. The molecule has 0 radical (unpaired) electrons. The van der Waals surface area contributed by atoms with Crippen molar-refractivity contribution >= 4 is 22.4 Å². The second kappa shape index (κ2) is 5.05. The number of aryl methyl sites for hydroxylation is 1. The Kier molecular flexibility index (Phi) is 3.49. The first kappa shape index (κ1) is 11.7. The summed E-state index contributed by atoms with van der Waals surface area (Å²) in [6.45, 7) is 1.86. The van der Waals surface area contributed by atoms with E-state index in [9.17, 15) is 9.18 Å². The zero-order chi connectivity index (χ0) is 12.3. The van der Waals surface area contributed by atoms with Crippen molar-refractivity contribution in [1.29, 1.82) is 0 Å². The van der Waals surface area contributed by atoms with Crippen LogP contribution in [0.5, 0.6) is 0 Å². The molecule has 5 heteroatoms. The van der Waals surface area contributed by atoms with Gasteiger partial charge in [0.25, 0.3) is 0 Å². The zero-order valence-corrected chi connectivity index (χ0v) is 10.1. The molecular weight excluding hydrogens is 239 g/mol. The molecule has 0 atom stereocenters. The third-order valence-corrected chi connectivity index (χ3v) is 2.94. The summed E-state index contributed by atoms with van der Waals surface area (Å²) in [5, 5.41) is 3.44. The summed E-state index contributed by atoms with van der Waals surface area (Å²) in [7, 11) is 0. The Labute approximate surface area is 102 Å². The van der Waals surface area contributed by atoms with E-state index >= 15 is 0 Å². The van der Waals surface area contributed by atoms with E-state index in [0.717, 1.165) is 5.69 Å². The Bertz CT molecular complexity index is 539. The third-order valence-electron chi connectivity index (χ3n) is 2.14. The predicted octanol–water partition coefficient (Wildman–Crippen LogP) is 2.77. The topological polar surface area (TPSA) is 42.0 Å². The molecule has 0 unspecified atom stereocenters. The second-order valence-corrected chi connectivity index (χ2v) is 4.49. The number of benzene rings is 1. The average molecular weight is 250 g/mol. The molecule has 0 bridgehead atoms. The lowest BCUT2D eigenvalue weighted by molar-refractivity contribution is -0.115. The van der Waals surface area contributed by atoms with Crippen molar-refractivity contribution in [1.82, 2.24) is 4.37 Å². The highest BCUT2D eigenvalue weighted by Gasteiger charge is 2.06. The van der Waals surface area contributed by atoms with Crippen molar-refractivity contribution in [3.8, 4) is 0 Å². The standard InChI is InChI=1S/C12H11FN2OS/c1-8-5-12(17-15-8)14-11(16)7-9-3-2-4-10(13)6-9/h2-6H,7H2,1H3,(H,14,16). The number of halogens is 1. The molecule has 0 aliphatic carbocycles. The molecule has 1 N–H and O–H groups in total. The Morgan fingerprint density at radius 3 is 2.94 bits per heavy atom. The van der Waals surface area contributed by atoms with E-state index in [2.05, 4.69) is 9.69 Å². The summed E-state index contributed by atoms with van der Waals surface area (Å²) < 4.78 is 17.0. The fraction of sp³-hybridized carbons (Fsp3) is 0.167. The maximum atomic E-state index is 12.9. The molecule has 2 rings (SSSR count). The van der Waals surface area contributed by atoms with Gasteiger partial charge in [0.2, 0.25) is 5.91 Å². The van der Waals surface area contributed by atoms with Gasteiger partial charge in [-0.3, -0.25) is 4.79 Å². The minimum atomic E-state index is -0.330. The monoisotopic (exact) mass is 250 g/mol. The number of rotatable bonds is 3. The van der Waals surface area contributed by atoms with E-state index in [4.69, 9.17) is 0 Å². The lowest BCUT2D eigenvalue weighted by Gasteiger charge is -2.02. The summed E-state index contributed by atoms with van der Waals surface area (Å²) in [6.07, 6.45) is 0.161. The van der Waals surface area contributed by atoms with Crippen LogP contribution in [0.15, 0.2) is 30.3 Å². The maximum absolute atomic E-state index is 12.9. The van der Waals surface area contributed by atoms with Crippen molar-refractivity contribution in [2.24, 2.45) is 0 Å². The first-order valence-electron chi connectivity index (χ1n) is 5.11. The Morgan fingerprint density at radius 1 is 1.47 bits per heavy atom. The highest BCUT2D eigenvalue weighted by atomic mass is 32.1. The molecular formula is C12H11FN2OS. The van der Waals surface area contributed by atoms with Gasteiger partial charge in [0.15, 0.2) is 0 Å². The molecule has 2 aromatic rings. The van der Waals surface area contributed by atoms with Gasteiger partial charge in [-0.25, -0.2) is 4.39 Å². The molecule has 0 fully saturated rings. The van der Waals surface area contributed by atoms with Gasteiger partial charge < -0.3 is 5.32 Å². The quantitative estimate of drug-likeness (QED) is 0.910. The van der Waals surface area contributed by atoms with E-state index < -0.39 is 0 Å². The smallest absolute Gasteiger partial charge is 0.229 e. The van der Waals surface area contributed by atoms with Crippen LogP contribution in [-0.2, 0) is 11.2 Å². The number of aromatic nitrogens is 1. The summed E-state index contributed by atoms with van der Waals surface area (Å²) >= 11 is 1.24. The van der Waals surface area contributed by atoms with E-state index in [1.165, 1.54) is 23.7 Å². The molecule has 88 valence electrons. The van der Waals surface area contributed by atoms with Crippen molar-refractivity contribution in [3.05, 3.63) is 47.4 Å². The minimum Gasteiger partial charge on any atom is -0.316 e. The lowest BCUT2D eigenvalue weighted by Crippen LogP contribution is -2.13. The molecule has 1 heterocycles. The van der Waals surface area contributed by atoms with Crippen molar-refractivity contribution in [3.63, 3.8) is 0 Å². The summed E-state index contributed by atoms with van der Waals surface area (Å²) in [4.78, 5) is 11.6. The number of amides is 1. The van der Waals surface area contributed by atoms with E-state index in [1.54, 1.807) is 18.2 Å². The molecule has 0 saturated heterocycles. The van der Waals surface area contributed by atoms with Crippen LogP contribution in [0, 0.1) is 12.7 Å². The van der Waals surface area contributed by atoms with Crippen LogP contribution in [0.2, 0.25) is 0 Å². The number of carbonyl (C=O) groups excluding carboxylic acids is 1. The van der Waals surface area contributed by atoms with E-state index in [0.29, 0.717) is 10.6 Å². The number of nitrogens with zero attached hydrogens (tertiary/aromatic N) is 1. The van der Waals surface area contributed by atoms with Gasteiger partial charge in [0.05, 0.1) is 12.1 Å².